The SMILES string of the molecule is Cc1nccc(NC(=O)Nc2cn[nH]c2C2CC2)n1. The number of hydrogen-bond donors (Lipinski definition) is 3. The van der Waals surface area contributed by atoms with E-state index in [9.17, 15) is 4.79 Å². The zero-order valence-electron chi connectivity index (χ0n) is 10.5. The number of hydrogen-bond acceptors (Lipinski definition) is 4. The highest BCUT2D eigenvalue weighted by molar-refractivity contribution is 5.99. The summed E-state index contributed by atoms with van der Waals surface area (Å²) in [4.78, 5) is 19.9. The highest BCUT2D eigenvalue weighted by atomic mass is 16.2. The molecular formula is C12H14N6O. The molecule has 19 heavy (non-hydrogen) atoms. The van der Waals surface area contributed by atoms with Gasteiger partial charge in [0.2, 0.25) is 0 Å². The number of nitrogens with one attached hydrogen (secondary N) is 3. The van der Waals surface area contributed by atoms with Gasteiger partial charge in [0.1, 0.15) is 11.6 Å². The number of aromatic amines is 1. The normalized spacial score (nSPS) is 14.2. The lowest BCUT2D eigenvalue weighted by Gasteiger charge is -2.07. The summed E-state index contributed by atoms with van der Waals surface area (Å²) >= 11 is 0. The van der Waals surface area contributed by atoms with E-state index in [0.29, 0.717) is 17.6 Å². The molecule has 0 atom stereocenters. The van der Waals surface area contributed by atoms with Crippen LogP contribution in [0.1, 0.15) is 30.3 Å². The van der Waals surface area contributed by atoms with E-state index in [1.54, 1.807) is 25.4 Å². The molecule has 0 saturated heterocycles. The molecule has 0 spiro atoms. The van der Waals surface area contributed by atoms with Gasteiger partial charge in [0.05, 0.1) is 17.6 Å². The Morgan fingerprint density at radius 3 is 3.00 bits per heavy atom. The fraction of sp³-hybridized carbons (Fsp3) is 0.333. The number of amides is 2. The fourth-order valence-electron chi connectivity index (χ4n) is 1.87. The van der Waals surface area contributed by atoms with Gasteiger partial charge in [0, 0.05) is 12.1 Å². The van der Waals surface area contributed by atoms with Crippen molar-refractivity contribution in [1.82, 2.24) is 20.2 Å². The van der Waals surface area contributed by atoms with Crippen LogP contribution >= 0.6 is 0 Å². The molecule has 0 aliphatic heterocycles. The Bertz CT molecular complexity index is 604. The lowest BCUT2D eigenvalue weighted by molar-refractivity contribution is 0.262. The number of aryl methyl sites for hydroxylation is 1. The molecule has 1 aliphatic rings. The second kappa shape index (κ2) is 4.68. The highest BCUT2D eigenvalue weighted by Gasteiger charge is 2.28. The van der Waals surface area contributed by atoms with Crippen LogP contribution in [0.15, 0.2) is 18.5 Å². The second-order valence-corrected chi connectivity index (χ2v) is 4.54. The van der Waals surface area contributed by atoms with Crippen LogP contribution in [0.4, 0.5) is 16.3 Å². The standard InChI is InChI=1S/C12H14N6O/c1-7-13-5-4-10(15-7)17-12(19)16-9-6-14-18-11(9)8-2-3-8/h4-6,8H,2-3H2,1H3,(H,14,18)(H2,13,15,16,17,19). The Morgan fingerprint density at radius 2 is 2.26 bits per heavy atom. The van der Waals surface area contributed by atoms with Crippen molar-refractivity contribution < 1.29 is 4.79 Å². The Hall–Kier alpha value is -2.44. The van der Waals surface area contributed by atoms with Crippen LogP contribution in [0.3, 0.4) is 0 Å². The highest BCUT2D eigenvalue weighted by Crippen LogP contribution is 2.42. The zero-order valence-corrected chi connectivity index (χ0v) is 10.5. The molecule has 2 heterocycles. The molecule has 1 aliphatic carbocycles. The molecule has 1 fully saturated rings. The third-order valence-electron chi connectivity index (χ3n) is 2.92. The van der Waals surface area contributed by atoms with E-state index in [2.05, 4.69) is 30.8 Å². The molecule has 7 heteroatoms. The number of nitrogens with zero attached hydrogens (tertiary/aromatic N) is 3. The first-order valence-corrected chi connectivity index (χ1v) is 6.13. The van der Waals surface area contributed by atoms with E-state index in [1.165, 1.54) is 0 Å². The largest absolute Gasteiger partial charge is 0.324 e. The van der Waals surface area contributed by atoms with Crippen molar-refractivity contribution in [3.05, 3.63) is 30.0 Å². The number of H-pyrrole nitrogens is 1. The molecule has 1 saturated carbocycles. The van der Waals surface area contributed by atoms with Gasteiger partial charge < -0.3 is 5.32 Å². The minimum atomic E-state index is -0.332. The van der Waals surface area contributed by atoms with Gasteiger partial charge in [0.15, 0.2) is 0 Å². The summed E-state index contributed by atoms with van der Waals surface area (Å²) in [6.45, 7) is 1.77. The molecule has 2 amide bonds. The summed E-state index contributed by atoms with van der Waals surface area (Å²) in [5.74, 6) is 1.58. The molecule has 0 bridgehead atoms. The van der Waals surface area contributed by atoms with Gasteiger partial charge in [0.25, 0.3) is 0 Å². The molecule has 0 unspecified atom stereocenters. The van der Waals surface area contributed by atoms with Gasteiger partial charge in [-0.25, -0.2) is 14.8 Å². The Balaban J connectivity index is 1.66. The van der Waals surface area contributed by atoms with Crippen LogP contribution in [0.2, 0.25) is 0 Å². The fourth-order valence-corrected chi connectivity index (χ4v) is 1.87. The Kier molecular flexibility index (Phi) is 2.86. The quantitative estimate of drug-likeness (QED) is 0.784. The summed E-state index contributed by atoms with van der Waals surface area (Å²) in [6.07, 6.45) is 5.51. The second-order valence-electron chi connectivity index (χ2n) is 4.54. The predicted octanol–water partition coefficient (Wildman–Crippen LogP) is 2.03. The van der Waals surface area contributed by atoms with E-state index in [4.69, 9.17) is 0 Å². The minimum absolute atomic E-state index is 0.332. The smallest absolute Gasteiger partial charge is 0.305 e. The molecule has 3 rings (SSSR count). The average molecular weight is 258 g/mol. The van der Waals surface area contributed by atoms with E-state index >= 15 is 0 Å². The zero-order chi connectivity index (χ0) is 13.2. The first-order valence-electron chi connectivity index (χ1n) is 6.13. The molecule has 2 aromatic rings. The number of urea groups is 1. The van der Waals surface area contributed by atoms with Crippen LogP contribution < -0.4 is 10.6 Å². The van der Waals surface area contributed by atoms with Crippen molar-refractivity contribution in [1.29, 1.82) is 0 Å². The lowest BCUT2D eigenvalue weighted by Crippen LogP contribution is -2.20. The monoisotopic (exact) mass is 258 g/mol. The molecule has 0 radical (unpaired) electrons. The summed E-state index contributed by atoms with van der Waals surface area (Å²) in [5, 5.41) is 12.3. The maximum absolute atomic E-state index is 11.9. The maximum atomic E-state index is 11.9. The van der Waals surface area contributed by atoms with Gasteiger partial charge in [-0.2, -0.15) is 5.10 Å². The molecule has 0 aromatic carbocycles. The van der Waals surface area contributed by atoms with Gasteiger partial charge >= 0.3 is 6.03 Å². The first kappa shape index (κ1) is 11.6. The van der Waals surface area contributed by atoms with Crippen LogP contribution in [0.25, 0.3) is 0 Å². The summed E-state index contributed by atoms with van der Waals surface area (Å²) < 4.78 is 0. The van der Waals surface area contributed by atoms with E-state index < -0.39 is 0 Å². The van der Waals surface area contributed by atoms with Crippen LogP contribution in [0, 0.1) is 6.92 Å². The third-order valence-corrected chi connectivity index (χ3v) is 2.92. The Morgan fingerprint density at radius 1 is 1.42 bits per heavy atom. The Labute approximate surface area is 109 Å². The third kappa shape index (κ3) is 2.70. The molecule has 98 valence electrons. The van der Waals surface area contributed by atoms with Crippen LogP contribution in [0.5, 0.6) is 0 Å². The number of carbonyl (C=O) groups excluding carboxylic acids is 1. The number of carbonyl (C=O) groups is 1. The van der Waals surface area contributed by atoms with Gasteiger partial charge in [-0.1, -0.05) is 0 Å². The van der Waals surface area contributed by atoms with Crippen molar-refractivity contribution in [2.45, 2.75) is 25.7 Å². The molecule has 3 N–H and O–H groups in total. The first-order chi connectivity index (χ1) is 9.22. The van der Waals surface area contributed by atoms with Crippen molar-refractivity contribution in [3.63, 3.8) is 0 Å². The van der Waals surface area contributed by atoms with E-state index in [0.717, 1.165) is 24.2 Å². The summed E-state index contributed by atoms with van der Waals surface area (Å²) in [6, 6.07) is 1.31. The molecular weight excluding hydrogens is 244 g/mol. The molecule has 7 nitrogen and oxygen atoms in total. The predicted molar refractivity (Wildman–Crippen MR) is 70.0 cm³/mol. The van der Waals surface area contributed by atoms with E-state index in [-0.39, 0.29) is 6.03 Å². The minimum Gasteiger partial charge on any atom is -0.305 e. The van der Waals surface area contributed by atoms with Crippen LogP contribution in [-0.2, 0) is 0 Å². The molecule has 2 aromatic heterocycles. The van der Waals surface area contributed by atoms with Crippen molar-refractivity contribution in [2.75, 3.05) is 10.6 Å². The van der Waals surface area contributed by atoms with Gasteiger partial charge in [-0.3, -0.25) is 10.4 Å². The van der Waals surface area contributed by atoms with E-state index in [1.807, 2.05) is 0 Å². The summed E-state index contributed by atoms with van der Waals surface area (Å²) in [5.41, 5.74) is 1.72. The van der Waals surface area contributed by atoms with Crippen molar-refractivity contribution in [2.24, 2.45) is 0 Å². The number of aromatic nitrogens is 4. The lowest BCUT2D eigenvalue weighted by atomic mass is 10.2. The van der Waals surface area contributed by atoms with Crippen molar-refractivity contribution >= 4 is 17.5 Å². The number of anilines is 2. The summed E-state index contributed by atoms with van der Waals surface area (Å²) in [7, 11) is 0. The average Bonchev–Trinajstić information content (AvgIpc) is 3.10. The van der Waals surface area contributed by atoms with Crippen molar-refractivity contribution in [3.8, 4) is 0 Å². The maximum Gasteiger partial charge on any atom is 0.324 e. The van der Waals surface area contributed by atoms with Gasteiger partial charge in [-0.15, -0.1) is 0 Å². The number of rotatable bonds is 3. The van der Waals surface area contributed by atoms with Gasteiger partial charge in [-0.05, 0) is 25.8 Å². The topological polar surface area (TPSA) is 95.6 Å². The van der Waals surface area contributed by atoms with Crippen LogP contribution in [-0.4, -0.2) is 26.2 Å².